The quantitative estimate of drug-likeness (QED) is 0.621. The Labute approximate surface area is 73.6 Å². The van der Waals surface area contributed by atoms with Gasteiger partial charge < -0.3 is 10.3 Å². The van der Waals surface area contributed by atoms with Crippen molar-refractivity contribution in [2.24, 2.45) is 0 Å². The Morgan fingerprint density at radius 1 is 1.38 bits per heavy atom. The Kier molecular flexibility index (Phi) is 3.30. The summed E-state index contributed by atoms with van der Waals surface area (Å²) in [6.07, 6.45) is -1.26. The Morgan fingerprint density at radius 2 is 2.08 bits per heavy atom. The van der Waals surface area contributed by atoms with Crippen LogP contribution in [-0.2, 0) is 0 Å². The van der Waals surface area contributed by atoms with Crippen molar-refractivity contribution in [2.75, 3.05) is 6.54 Å². The molecular weight excluding hydrogens is 180 g/mol. The summed E-state index contributed by atoms with van der Waals surface area (Å²) in [6, 6.07) is 2.76. The first-order valence-corrected chi connectivity index (χ1v) is 3.65. The van der Waals surface area contributed by atoms with E-state index in [-0.39, 0.29) is 12.1 Å². The number of hydroxylamine groups is 1. The molecule has 1 unspecified atom stereocenters. The average molecular weight is 189 g/mol. The zero-order valence-corrected chi connectivity index (χ0v) is 6.67. The van der Waals surface area contributed by atoms with E-state index in [1.165, 1.54) is 0 Å². The topological polar surface area (TPSA) is 52.5 Å². The number of hydrogen-bond donors (Lipinski definition) is 3. The van der Waals surface area contributed by atoms with Gasteiger partial charge in [-0.15, -0.1) is 0 Å². The number of aliphatic hydroxyl groups excluding tert-OH is 1. The van der Waals surface area contributed by atoms with E-state index >= 15 is 0 Å². The highest BCUT2D eigenvalue weighted by Crippen LogP contribution is 2.17. The van der Waals surface area contributed by atoms with Crippen LogP contribution in [-0.4, -0.2) is 16.9 Å². The van der Waals surface area contributed by atoms with Gasteiger partial charge in [0.15, 0.2) is 0 Å². The molecule has 0 aliphatic heterocycles. The van der Waals surface area contributed by atoms with E-state index in [4.69, 9.17) is 5.21 Å². The predicted octanol–water partition coefficient (Wildman–Crippen LogP) is 0.977. The SMILES string of the molecule is ONCC(O)c1cc(F)ccc1F. The first kappa shape index (κ1) is 10.0. The van der Waals surface area contributed by atoms with E-state index in [0.717, 1.165) is 18.2 Å². The molecule has 0 aliphatic rings. The number of rotatable bonds is 3. The van der Waals surface area contributed by atoms with Crippen LogP contribution >= 0.6 is 0 Å². The highest BCUT2D eigenvalue weighted by molar-refractivity contribution is 5.21. The van der Waals surface area contributed by atoms with Gasteiger partial charge in [-0.25, -0.2) is 14.3 Å². The Hall–Kier alpha value is -1.04. The lowest BCUT2D eigenvalue weighted by Gasteiger charge is -2.10. The van der Waals surface area contributed by atoms with Crippen LogP contribution in [0.15, 0.2) is 18.2 Å². The molecule has 0 heterocycles. The van der Waals surface area contributed by atoms with Gasteiger partial charge in [-0.05, 0) is 18.2 Å². The second-order valence-electron chi connectivity index (χ2n) is 2.54. The molecule has 0 bridgehead atoms. The molecule has 5 heteroatoms. The van der Waals surface area contributed by atoms with Crippen molar-refractivity contribution in [3.05, 3.63) is 35.4 Å². The number of nitrogens with one attached hydrogen (secondary N) is 1. The van der Waals surface area contributed by atoms with Crippen LogP contribution in [0.3, 0.4) is 0 Å². The van der Waals surface area contributed by atoms with Gasteiger partial charge in [0.05, 0.1) is 12.6 Å². The third kappa shape index (κ3) is 2.45. The van der Waals surface area contributed by atoms with Crippen LogP contribution in [0.2, 0.25) is 0 Å². The summed E-state index contributed by atoms with van der Waals surface area (Å²) in [7, 11) is 0. The summed E-state index contributed by atoms with van der Waals surface area (Å²) in [6.45, 7) is -0.250. The maximum atomic E-state index is 12.9. The van der Waals surface area contributed by atoms with E-state index in [9.17, 15) is 13.9 Å². The van der Waals surface area contributed by atoms with Crippen LogP contribution in [0.5, 0.6) is 0 Å². The van der Waals surface area contributed by atoms with Gasteiger partial charge in [-0.3, -0.25) is 0 Å². The molecule has 1 atom stereocenters. The molecule has 1 aromatic rings. The summed E-state index contributed by atoms with van der Waals surface area (Å²) in [5.41, 5.74) is 1.49. The van der Waals surface area contributed by atoms with Crippen LogP contribution in [0.4, 0.5) is 8.78 Å². The maximum Gasteiger partial charge on any atom is 0.129 e. The molecule has 0 aromatic heterocycles. The number of aliphatic hydroxyl groups is 1. The van der Waals surface area contributed by atoms with Crippen molar-refractivity contribution in [1.82, 2.24) is 5.48 Å². The second-order valence-corrected chi connectivity index (χ2v) is 2.54. The summed E-state index contributed by atoms with van der Waals surface area (Å²) in [4.78, 5) is 0. The molecule has 0 spiro atoms. The Bertz CT molecular complexity index is 293. The third-order valence-corrected chi connectivity index (χ3v) is 1.60. The molecule has 1 aromatic carbocycles. The van der Waals surface area contributed by atoms with Crippen LogP contribution < -0.4 is 5.48 Å². The fourth-order valence-corrected chi connectivity index (χ4v) is 0.966. The molecule has 0 amide bonds. The van der Waals surface area contributed by atoms with Crippen molar-refractivity contribution < 1.29 is 19.1 Å². The summed E-state index contributed by atoms with van der Waals surface area (Å²) < 4.78 is 25.5. The van der Waals surface area contributed by atoms with E-state index < -0.39 is 17.7 Å². The standard InChI is InChI=1S/C8H9F2NO2/c9-5-1-2-7(10)6(3-5)8(12)4-11-13/h1-3,8,11-13H,4H2. The van der Waals surface area contributed by atoms with Crippen molar-refractivity contribution in [3.8, 4) is 0 Å². The molecule has 0 saturated heterocycles. The normalized spacial score (nSPS) is 12.9. The van der Waals surface area contributed by atoms with E-state index in [0.29, 0.717) is 0 Å². The minimum Gasteiger partial charge on any atom is -0.387 e. The number of hydrogen-bond acceptors (Lipinski definition) is 3. The second kappa shape index (κ2) is 4.27. The number of benzene rings is 1. The van der Waals surface area contributed by atoms with Crippen molar-refractivity contribution >= 4 is 0 Å². The fraction of sp³-hybridized carbons (Fsp3) is 0.250. The Morgan fingerprint density at radius 3 is 2.69 bits per heavy atom. The molecule has 1 rings (SSSR count). The van der Waals surface area contributed by atoms with Crippen molar-refractivity contribution in [3.63, 3.8) is 0 Å². The molecule has 3 N–H and O–H groups in total. The van der Waals surface area contributed by atoms with Crippen molar-refractivity contribution in [2.45, 2.75) is 6.10 Å². The zero-order valence-electron chi connectivity index (χ0n) is 6.67. The lowest BCUT2D eigenvalue weighted by Crippen LogP contribution is -2.18. The minimum absolute atomic E-state index is 0.179. The predicted molar refractivity (Wildman–Crippen MR) is 41.1 cm³/mol. The highest BCUT2D eigenvalue weighted by Gasteiger charge is 2.12. The first-order valence-electron chi connectivity index (χ1n) is 3.65. The lowest BCUT2D eigenvalue weighted by atomic mass is 10.1. The minimum atomic E-state index is -1.26. The highest BCUT2D eigenvalue weighted by atomic mass is 19.1. The fourth-order valence-electron chi connectivity index (χ4n) is 0.966. The van der Waals surface area contributed by atoms with Gasteiger partial charge in [0, 0.05) is 5.56 Å². The van der Waals surface area contributed by atoms with Crippen LogP contribution in [0.25, 0.3) is 0 Å². The third-order valence-electron chi connectivity index (χ3n) is 1.60. The van der Waals surface area contributed by atoms with Gasteiger partial charge in [-0.2, -0.15) is 0 Å². The maximum absolute atomic E-state index is 12.9. The van der Waals surface area contributed by atoms with Gasteiger partial charge in [-0.1, -0.05) is 0 Å². The smallest absolute Gasteiger partial charge is 0.129 e. The van der Waals surface area contributed by atoms with Gasteiger partial charge >= 0.3 is 0 Å². The van der Waals surface area contributed by atoms with E-state index in [1.54, 1.807) is 5.48 Å². The summed E-state index contributed by atoms with van der Waals surface area (Å²) >= 11 is 0. The molecule has 3 nitrogen and oxygen atoms in total. The van der Waals surface area contributed by atoms with Crippen LogP contribution in [0.1, 0.15) is 11.7 Å². The molecule has 0 saturated carbocycles. The van der Waals surface area contributed by atoms with Gasteiger partial charge in [0.2, 0.25) is 0 Å². The van der Waals surface area contributed by atoms with E-state index in [1.807, 2.05) is 0 Å². The monoisotopic (exact) mass is 189 g/mol. The molecule has 72 valence electrons. The number of halogens is 2. The summed E-state index contributed by atoms with van der Waals surface area (Å²) in [5, 5.41) is 17.4. The van der Waals surface area contributed by atoms with E-state index in [2.05, 4.69) is 0 Å². The molecule has 0 fully saturated rings. The summed E-state index contributed by atoms with van der Waals surface area (Å²) in [5.74, 6) is -1.34. The molecule has 0 aliphatic carbocycles. The molecular formula is C8H9F2NO2. The zero-order chi connectivity index (χ0) is 9.84. The lowest BCUT2D eigenvalue weighted by molar-refractivity contribution is 0.0900. The molecule has 0 radical (unpaired) electrons. The molecule has 13 heavy (non-hydrogen) atoms. The largest absolute Gasteiger partial charge is 0.387 e. The average Bonchev–Trinajstić information content (AvgIpc) is 2.09. The van der Waals surface area contributed by atoms with Crippen molar-refractivity contribution in [1.29, 1.82) is 0 Å². The van der Waals surface area contributed by atoms with Gasteiger partial charge in [0.1, 0.15) is 11.6 Å². The van der Waals surface area contributed by atoms with Gasteiger partial charge in [0.25, 0.3) is 0 Å². The van der Waals surface area contributed by atoms with Crippen LogP contribution in [0, 0.1) is 11.6 Å². The first-order chi connectivity index (χ1) is 6.15. The Balaban J connectivity index is 2.91.